The normalized spacial score (nSPS) is 29.8. The number of methoxy groups -OCH3 is 1. The molecule has 30 heavy (non-hydrogen) atoms. The fourth-order valence-corrected chi connectivity index (χ4v) is 5.54. The fraction of sp³-hybridized carbons (Fsp3) is 0.609. The van der Waals surface area contributed by atoms with Crippen molar-refractivity contribution in [2.45, 2.75) is 51.6 Å². The number of ether oxygens (including phenoxy) is 1. The molecule has 7 heteroatoms. The molecule has 1 aromatic carbocycles. The van der Waals surface area contributed by atoms with E-state index < -0.39 is 17.4 Å². The topological polar surface area (TPSA) is 87.7 Å². The molecular weight excluding hydrogens is 382 g/mol. The lowest BCUT2D eigenvalue weighted by Crippen LogP contribution is -2.53. The average Bonchev–Trinajstić information content (AvgIpc) is 3.28. The lowest BCUT2D eigenvalue weighted by Gasteiger charge is -2.30. The van der Waals surface area contributed by atoms with Crippen molar-refractivity contribution in [1.82, 2.24) is 10.2 Å². The third-order valence-corrected chi connectivity index (χ3v) is 6.76. The van der Waals surface area contributed by atoms with Gasteiger partial charge in [-0.3, -0.25) is 24.6 Å². The summed E-state index contributed by atoms with van der Waals surface area (Å²) in [4.78, 5) is 41.7. The summed E-state index contributed by atoms with van der Waals surface area (Å²) in [5.41, 5.74) is 1.44. The predicted octanol–water partition coefficient (Wildman–Crippen LogP) is 2.05. The molecule has 0 aromatic heterocycles. The number of likely N-dealkylation sites (tertiary alicyclic amines) is 1. The van der Waals surface area contributed by atoms with Gasteiger partial charge in [0.1, 0.15) is 5.54 Å². The van der Waals surface area contributed by atoms with E-state index in [4.69, 9.17) is 4.74 Å². The fourth-order valence-electron chi connectivity index (χ4n) is 5.54. The first-order chi connectivity index (χ1) is 14.4. The Hall–Kier alpha value is -2.25. The maximum Gasteiger partial charge on any atom is 0.250 e. The number of imide groups is 1. The van der Waals surface area contributed by atoms with Gasteiger partial charge in [0, 0.05) is 37.6 Å². The Morgan fingerprint density at radius 2 is 1.97 bits per heavy atom. The average molecular weight is 414 g/mol. The lowest BCUT2D eigenvalue weighted by atomic mass is 9.76. The van der Waals surface area contributed by atoms with Crippen molar-refractivity contribution >= 4 is 23.4 Å². The molecule has 1 spiro atoms. The quantitative estimate of drug-likeness (QED) is 0.528. The lowest BCUT2D eigenvalue weighted by molar-refractivity contribution is -0.143. The van der Waals surface area contributed by atoms with Crippen LogP contribution < -0.4 is 10.6 Å². The SMILES string of the molecule is CCc1cccc2c1NC(=O)C21NC(CC(C)C)C2C(=O)N(CCCOC)C(=O)C21. The smallest absolute Gasteiger partial charge is 0.250 e. The number of para-hydroxylation sites is 1. The molecule has 3 heterocycles. The minimum absolute atomic E-state index is 0.163. The molecule has 4 atom stereocenters. The largest absolute Gasteiger partial charge is 0.385 e. The number of nitrogens with one attached hydrogen (secondary N) is 2. The van der Waals surface area contributed by atoms with Crippen LogP contribution in [0.15, 0.2) is 18.2 Å². The van der Waals surface area contributed by atoms with Crippen molar-refractivity contribution in [2.24, 2.45) is 17.8 Å². The van der Waals surface area contributed by atoms with Gasteiger partial charge in [0.15, 0.2) is 0 Å². The molecule has 7 nitrogen and oxygen atoms in total. The Kier molecular flexibility index (Phi) is 5.45. The van der Waals surface area contributed by atoms with E-state index in [1.807, 2.05) is 25.1 Å². The Bertz CT molecular complexity index is 883. The zero-order chi connectivity index (χ0) is 21.6. The first-order valence-electron chi connectivity index (χ1n) is 10.9. The van der Waals surface area contributed by atoms with Crippen molar-refractivity contribution in [1.29, 1.82) is 0 Å². The van der Waals surface area contributed by atoms with Crippen LogP contribution in [-0.4, -0.2) is 48.9 Å². The predicted molar refractivity (Wildman–Crippen MR) is 113 cm³/mol. The highest BCUT2D eigenvalue weighted by atomic mass is 16.5. The number of hydrogen-bond acceptors (Lipinski definition) is 5. The van der Waals surface area contributed by atoms with Crippen LogP contribution in [0.25, 0.3) is 0 Å². The molecule has 3 aliphatic heterocycles. The van der Waals surface area contributed by atoms with Gasteiger partial charge < -0.3 is 10.1 Å². The van der Waals surface area contributed by atoms with Crippen LogP contribution in [-0.2, 0) is 31.1 Å². The first kappa shape index (κ1) is 21.0. The second-order valence-corrected chi connectivity index (χ2v) is 9.01. The number of aryl methyl sites for hydroxylation is 1. The van der Waals surface area contributed by atoms with E-state index in [1.165, 1.54) is 4.90 Å². The van der Waals surface area contributed by atoms with Crippen LogP contribution >= 0.6 is 0 Å². The maximum absolute atomic E-state index is 13.5. The van der Waals surface area contributed by atoms with Crippen molar-refractivity contribution in [3.63, 3.8) is 0 Å². The summed E-state index contributed by atoms with van der Waals surface area (Å²) in [7, 11) is 1.60. The molecule has 3 aliphatic rings. The molecule has 2 N–H and O–H groups in total. The van der Waals surface area contributed by atoms with Gasteiger partial charge in [-0.1, -0.05) is 39.0 Å². The van der Waals surface area contributed by atoms with E-state index in [-0.39, 0.29) is 23.8 Å². The van der Waals surface area contributed by atoms with Crippen molar-refractivity contribution in [3.8, 4) is 0 Å². The standard InChI is InChI=1S/C23H31N3O4/c1-5-14-8-6-9-15-19(14)24-22(29)23(15)18-17(16(25-23)12-13(2)3)20(27)26(21(18)28)10-7-11-30-4/h6,8-9,13,16-18,25H,5,7,10-12H2,1-4H3,(H,24,29). The first-order valence-corrected chi connectivity index (χ1v) is 10.9. The number of amides is 3. The second-order valence-electron chi connectivity index (χ2n) is 9.01. The maximum atomic E-state index is 13.5. The number of carbonyl (C=O) groups is 3. The molecule has 3 amide bonds. The van der Waals surface area contributed by atoms with Crippen LogP contribution in [0.5, 0.6) is 0 Å². The summed E-state index contributed by atoms with van der Waals surface area (Å²) in [5, 5.41) is 6.54. The third kappa shape index (κ3) is 2.90. The Balaban J connectivity index is 1.80. The monoisotopic (exact) mass is 413 g/mol. The van der Waals surface area contributed by atoms with Crippen LogP contribution in [0.3, 0.4) is 0 Å². The number of nitrogens with zero attached hydrogens (tertiary/aromatic N) is 1. The van der Waals surface area contributed by atoms with Gasteiger partial charge in [-0.15, -0.1) is 0 Å². The molecule has 0 aliphatic carbocycles. The van der Waals surface area contributed by atoms with Crippen LogP contribution in [0.1, 0.15) is 44.7 Å². The number of fused-ring (bicyclic) bond motifs is 4. The molecule has 0 saturated carbocycles. The van der Waals surface area contributed by atoms with E-state index in [0.29, 0.717) is 25.5 Å². The van der Waals surface area contributed by atoms with Gasteiger partial charge in [-0.25, -0.2) is 0 Å². The zero-order valence-electron chi connectivity index (χ0n) is 18.2. The third-order valence-electron chi connectivity index (χ3n) is 6.76. The summed E-state index contributed by atoms with van der Waals surface area (Å²) in [6.07, 6.45) is 2.09. The van der Waals surface area contributed by atoms with Crippen LogP contribution in [0.2, 0.25) is 0 Å². The van der Waals surface area contributed by atoms with Gasteiger partial charge in [0.05, 0.1) is 11.8 Å². The van der Waals surface area contributed by atoms with Gasteiger partial charge in [-0.05, 0) is 30.7 Å². The van der Waals surface area contributed by atoms with E-state index in [1.54, 1.807) is 7.11 Å². The van der Waals surface area contributed by atoms with E-state index >= 15 is 0 Å². The number of benzene rings is 1. The molecule has 2 fully saturated rings. The minimum atomic E-state index is -1.19. The van der Waals surface area contributed by atoms with Gasteiger partial charge in [-0.2, -0.15) is 0 Å². The minimum Gasteiger partial charge on any atom is -0.385 e. The molecule has 0 radical (unpaired) electrons. The van der Waals surface area contributed by atoms with Gasteiger partial charge >= 0.3 is 0 Å². The molecule has 1 aromatic rings. The van der Waals surface area contributed by atoms with Crippen molar-refractivity contribution < 1.29 is 19.1 Å². The van der Waals surface area contributed by atoms with Crippen molar-refractivity contribution in [2.75, 3.05) is 25.6 Å². The number of hydrogen-bond donors (Lipinski definition) is 2. The van der Waals surface area contributed by atoms with Crippen LogP contribution in [0.4, 0.5) is 5.69 Å². The molecular formula is C23H31N3O4. The van der Waals surface area contributed by atoms with Gasteiger partial charge in [0.2, 0.25) is 17.7 Å². The van der Waals surface area contributed by atoms with Crippen LogP contribution in [0, 0.1) is 17.8 Å². The Morgan fingerprint density at radius 1 is 1.20 bits per heavy atom. The molecule has 4 rings (SSSR count). The zero-order valence-corrected chi connectivity index (χ0v) is 18.2. The number of carbonyl (C=O) groups excluding carboxylic acids is 3. The highest BCUT2D eigenvalue weighted by Crippen LogP contribution is 2.54. The number of rotatable bonds is 7. The Morgan fingerprint density at radius 3 is 2.63 bits per heavy atom. The Labute approximate surface area is 177 Å². The molecule has 2 saturated heterocycles. The molecule has 4 unspecified atom stereocenters. The second kappa shape index (κ2) is 7.78. The summed E-state index contributed by atoms with van der Waals surface area (Å²) >= 11 is 0. The van der Waals surface area contributed by atoms with E-state index in [2.05, 4.69) is 24.5 Å². The summed E-state index contributed by atoms with van der Waals surface area (Å²) in [5.74, 6) is -1.54. The van der Waals surface area contributed by atoms with Gasteiger partial charge in [0.25, 0.3) is 0 Å². The molecule has 0 bridgehead atoms. The van der Waals surface area contributed by atoms with E-state index in [0.717, 1.165) is 29.7 Å². The highest BCUT2D eigenvalue weighted by Gasteiger charge is 2.70. The summed E-state index contributed by atoms with van der Waals surface area (Å²) in [6, 6.07) is 5.62. The summed E-state index contributed by atoms with van der Waals surface area (Å²) < 4.78 is 5.10. The highest BCUT2D eigenvalue weighted by molar-refractivity contribution is 6.15. The van der Waals surface area contributed by atoms with E-state index in [9.17, 15) is 14.4 Å². The number of anilines is 1. The summed E-state index contributed by atoms with van der Waals surface area (Å²) in [6.45, 7) is 7.04. The van der Waals surface area contributed by atoms with Crippen molar-refractivity contribution in [3.05, 3.63) is 29.3 Å². The molecule has 162 valence electrons.